The molecule has 1 fully saturated rings. The molecule has 0 spiro atoms. The molecule has 0 bridgehead atoms. The molecular weight excluding hydrogens is 336 g/mol. The first kappa shape index (κ1) is 19.0. The maximum atomic E-state index is 10.1. The van der Waals surface area contributed by atoms with Gasteiger partial charge in [-0.1, -0.05) is 35.5 Å². The van der Waals surface area contributed by atoms with Gasteiger partial charge in [0, 0.05) is 31.1 Å². The SMILES string of the molecule is OC[C@@H](O)CNC[C@H]1O[C@H](Cc2cc(-c3ccccc3)on2)CC[C@@H]1O. The first-order valence-corrected chi connectivity index (χ1v) is 9.00. The lowest BCUT2D eigenvalue weighted by atomic mass is 9.98. The number of rotatable bonds is 8. The van der Waals surface area contributed by atoms with Gasteiger partial charge in [0.05, 0.1) is 36.7 Å². The Bertz CT molecular complexity index is 663. The largest absolute Gasteiger partial charge is 0.394 e. The van der Waals surface area contributed by atoms with Gasteiger partial charge in [-0.3, -0.25) is 0 Å². The zero-order chi connectivity index (χ0) is 18.4. The van der Waals surface area contributed by atoms with E-state index in [1.165, 1.54) is 0 Å². The van der Waals surface area contributed by atoms with Crippen LogP contribution in [0, 0.1) is 0 Å². The highest BCUT2D eigenvalue weighted by molar-refractivity contribution is 5.56. The number of aliphatic hydroxyl groups is 3. The van der Waals surface area contributed by atoms with Crippen LogP contribution in [-0.2, 0) is 11.2 Å². The molecular formula is C19H26N2O5. The van der Waals surface area contributed by atoms with Crippen LogP contribution >= 0.6 is 0 Å². The second kappa shape index (κ2) is 9.25. The molecule has 0 saturated carbocycles. The Balaban J connectivity index is 1.52. The summed E-state index contributed by atoms with van der Waals surface area (Å²) in [6.07, 6.45) is 0.300. The van der Waals surface area contributed by atoms with Gasteiger partial charge >= 0.3 is 0 Å². The van der Waals surface area contributed by atoms with E-state index in [-0.39, 0.29) is 25.4 Å². The maximum Gasteiger partial charge on any atom is 0.167 e. The smallest absolute Gasteiger partial charge is 0.167 e. The third kappa shape index (κ3) is 5.12. The van der Waals surface area contributed by atoms with E-state index in [1.54, 1.807) is 0 Å². The van der Waals surface area contributed by atoms with E-state index in [9.17, 15) is 10.2 Å². The molecule has 0 aliphatic carbocycles. The third-order valence-electron chi connectivity index (χ3n) is 4.57. The van der Waals surface area contributed by atoms with Crippen molar-refractivity contribution in [2.75, 3.05) is 19.7 Å². The highest BCUT2D eigenvalue weighted by Crippen LogP contribution is 2.25. The molecule has 0 unspecified atom stereocenters. The van der Waals surface area contributed by atoms with Crippen molar-refractivity contribution in [2.24, 2.45) is 0 Å². The Hall–Kier alpha value is -1.77. The van der Waals surface area contributed by atoms with E-state index in [0.717, 1.165) is 23.4 Å². The van der Waals surface area contributed by atoms with E-state index in [2.05, 4.69) is 10.5 Å². The van der Waals surface area contributed by atoms with Crippen LogP contribution in [0.2, 0.25) is 0 Å². The number of benzene rings is 1. The van der Waals surface area contributed by atoms with Crippen molar-refractivity contribution in [1.82, 2.24) is 10.5 Å². The van der Waals surface area contributed by atoms with Crippen molar-refractivity contribution >= 4 is 0 Å². The average molecular weight is 362 g/mol. The normalized spacial score (nSPS) is 24.5. The molecule has 1 aliphatic rings. The van der Waals surface area contributed by atoms with Crippen LogP contribution < -0.4 is 5.32 Å². The summed E-state index contributed by atoms with van der Waals surface area (Å²) in [6.45, 7) is 0.389. The molecule has 7 nitrogen and oxygen atoms in total. The van der Waals surface area contributed by atoms with E-state index >= 15 is 0 Å². The Morgan fingerprint density at radius 3 is 2.81 bits per heavy atom. The Kier molecular flexibility index (Phi) is 6.76. The van der Waals surface area contributed by atoms with Crippen molar-refractivity contribution in [3.05, 3.63) is 42.1 Å². The van der Waals surface area contributed by atoms with Gasteiger partial charge in [0.25, 0.3) is 0 Å². The van der Waals surface area contributed by atoms with E-state index in [0.29, 0.717) is 19.4 Å². The molecule has 3 rings (SSSR count). The van der Waals surface area contributed by atoms with Gasteiger partial charge in [-0.2, -0.15) is 0 Å². The predicted octanol–water partition coefficient (Wildman–Crippen LogP) is 0.735. The highest BCUT2D eigenvalue weighted by Gasteiger charge is 2.30. The molecule has 1 aromatic heterocycles. The van der Waals surface area contributed by atoms with Gasteiger partial charge in [-0.15, -0.1) is 0 Å². The Morgan fingerprint density at radius 2 is 2.04 bits per heavy atom. The van der Waals surface area contributed by atoms with Crippen LogP contribution in [0.25, 0.3) is 11.3 Å². The summed E-state index contributed by atoms with van der Waals surface area (Å²) in [4.78, 5) is 0. The fourth-order valence-corrected chi connectivity index (χ4v) is 3.12. The van der Waals surface area contributed by atoms with Gasteiger partial charge in [-0.05, 0) is 12.8 Å². The van der Waals surface area contributed by atoms with Crippen molar-refractivity contribution in [1.29, 1.82) is 0 Å². The van der Waals surface area contributed by atoms with Gasteiger partial charge in [0.2, 0.25) is 0 Å². The van der Waals surface area contributed by atoms with Crippen LogP contribution in [0.4, 0.5) is 0 Å². The van der Waals surface area contributed by atoms with E-state index in [4.69, 9.17) is 14.4 Å². The zero-order valence-corrected chi connectivity index (χ0v) is 14.6. The van der Waals surface area contributed by atoms with Crippen LogP contribution in [0.3, 0.4) is 0 Å². The van der Waals surface area contributed by atoms with Crippen molar-refractivity contribution in [3.8, 4) is 11.3 Å². The summed E-state index contributed by atoms with van der Waals surface area (Å²) >= 11 is 0. The lowest BCUT2D eigenvalue weighted by Crippen LogP contribution is -2.46. The Morgan fingerprint density at radius 1 is 1.23 bits per heavy atom. The number of hydrogen-bond acceptors (Lipinski definition) is 7. The van der Waals surface area contributed by atoms with E-state index < -0.39 is 12.2 Å². The van der Waals surface area contributed by atoms with Gasteiger partial charge in [0.15, 0.2) is 5.76 Å². The zero-order valence-electron chi connectivity index (χ0n) is 14.6. The number of nitrogens with zero attached hydrogens (tertiary/aromatic N) is 1. The third-order valence-corrected chi connectivity index (χ3v) is 4.57. The lowest BCUT2D eigenvalue weighted by Gasteiger charge is -2.34. The molecule has 2 heterocycles. The molecule has 2 aromatic rings. The molecule has 1 aliphatic heterocycles. The molecule has 7 heteroatoms. The van der Waals surface area contributed by atoms with Gasteiger partial charge in [0.1, 0.15) is 0 Å². The minimum Gasteiger partial charge on any atom is -0.394 e. The summed E-state index contributed by atoms with van der Waals surface area (Å²) in [5, 5.41) is 35.5. The first-order chi connectivity index (χ1) is 12.7. The summed E-state index contributed by atoms with van der Waals surface area (Å²) in [7, 11) is 0. The molecule has 1 aromatic carbocycles. The number of hydrogen-bond donors (Lipinski definition) is 4. The lowest BCUT2D eigenvalue weighted by molar-refractivity contribution is -0.115. The summed E-state index contributed by atoms with van der Waals surface area (Å²) in [6, 6.07) is 11.7. The average Bonchev–Trinajstić information content (AvgIpc) is 3.13. The molecule has 1 saturated heterocycles. The van der Waals surface area contributed by atoms with Crippen LogP contribution in [-0.4, -0.2) is 64.6 Å². The standard InChI is InChI=1S/C19H26N2O5/c22-12-15(23)10-20-11-19-17(24)7-6-16(25-19)8-14-9-18(26-21-14)13-4-2-1-3-5-13/h1-5,9,15-17,19-20,22-24H,6-8,10-12H2/t15-,16-,17-,19+/m0/s1. The molecule has 4 atom stereocenters. The minimum absolute atomic E-state index is 0.0401. The number of aliphatic hydroxyl groups excluding tert-OH is 3. The second-order valence-electron chi connectivity index (χ2n) is 6.69. The van der Waals surface area contributed by atoms with Crippen molar-refractivity contribution in [2.45, 2.75) is 43.7 Å². The molecule has 26 heavy (non-hydrogen) atoms. The predicted molar refractivity (Wildman–Crippen MR) is 95.5 cm³/mol. The minimum atomic E-state index is -0.807. The van der Waals surface area contributed by atoms with Gasteiger partial charge in [-0.25, -0.2) is 0 Å². The number of ether oxygens (including phenoxy) is 1. The summed E-state index contributed by atoms with van der Waals surface area (Å²) in [5.41, 5.74) is 1.81. The van der Waals surface area contributed by atoms with Gasteiger partial charge < -0.3 is 29.9 Å². The second-order valence-corrected chi connectivity index (χ2v) is 6.69. The van der Waals surface area contributed by atoms with Crippen LogP contribution in [0.5, 0.6) is 0 Å². The Labute approximate surface area is 152 Å². The fraction of sp³-hybridized carbons (Fsp3) is 0.526. The van der Waals surface area contributed by atoms with E-state index in [1.807, 2.05) is 36.4 Å². The summed E-state index contributed by atoms with van der Waals surface area (Å²) < 4.78 is 11.4. The maximum absolute atomic E-state index is 10.1. The monoisotopic (exact) mass is 362 g/mol. The molecule has 4 N–H and O–H groups in total. The summed E-state index contributed by atoms with van der Waals surface area (Å²) in [5.74, 6) is 0.729. The topological polar surface area (TPSA) is 108 Å². The molecule has 0 radical (unpaired) electrons. The van der Waals surface area contributed by atoms with Crippen LogP contribution in [0.1, 0.15) is 18.5 Å². The molecule has 0 amide bonds. The first-order valence-electron chi connectivity index (χ1n) is 9.00. The van der Waals surface area contributed by atoms with Crippen molar-refractivity contribution in [3.63, 3.8) is 0 Å². The quantitative estimate of drug-likeness (QED) is 0.548. The molecule has 142 valence electrons. The fourth-order valence-electron chi connectivity index (χ4n) is 3.12. The number of nitrogens with one attached hydrogen (secondary N) is 1. The highest BCUT2D eigenvalue weighted by atomic mass is 16.5. The van der Waals surface area contributed by atoms with Crippen LogP contribution in [0.15, 0.2) is 40.9 Å². The van der Waals surface area contributed by atoms with Crippen molar-refractivity contribution < 1.29 is 24.6 Å². The number of aromatic nitrogens is 1.